The molecule has 1 aromatic carbocycles. The fourth-order valence-corrected chi connectivity index (χ4v) is 2.85. The number of nitrogens with one attached hydrogen (secondary N) is 1. The van der Waals surface area contributed by atoms with Gasteiger partial charge in [0.15, 0.2) is 0 Å². The number of benzene rings is 1. The second-order valence-electron chi connectivity index (χ2n) is 6.84. The standard InChI is InChI=1S/C21H29N3O2/c1-5-11-22-20(25)14-24(12-6-2)21(26)17-13-19(15(3)4)23-18-10-8-7-9-16(17)18/h7-10,13,15H,5-6,11-12,14H2,1-4H3,(H,22,25). The van der Waals surface area contributed by atoms with Gasteiger partial charge in [-0.15, -0.1) is 0 Å². The summed E-state index contributed by atoms with van der Waals surface area (Å²) >= 11 is 0. The molecule has 0 saturated carbocycles. The van der Waals surface area contributed by atoms with E-state index in [0.717, 1.165) is 29.4 Å². The first kappa shape index (κ1) is 19.9. The summed E-state index contributed by atoms with van der Waals surface area (Å²) in [5, 5.41) is 3.68. The van der Waals surface area contributed by atoms with Gasteiger partial charge in [-0.2, -0.15) is 0 Å². The van der Waals surface area contributed by atoms with E-state index in [4.69, 9.17) is 0 Å². The SMILES string of the molecule is CCCNC(=O)CN(CCC)C(=O)c1cc(C(C)C)nc2ccccc12. The molecule has 0 aliphatic rings. The van der Waals surface area contributed by atoms with Gasteiger partial charge < -0.3 is 10.2 Å². The number of fused-ring (bicyclic) bond motifs is 1. The van der Waals surface area contributed by atoms with Crippen LogP contribution in [-0.2, 0) is 4.79 Å². The van der Waals surface area contributed by atoms with Gasteiger partial charge in [0.25, 0.3) is 5.91 Å². The smallest absolute Gasteiger partial charge is 0.255 e. The second-order valence-corrected chi connectivity index (χ2v) is 6.84. The van der Waals surface area contributed by atoms with E-state index in [0.29, 0.717) is 18.7 Å². The molecule has 2 rings (SSSR count). The number of nitrogens with zero attached hydrogens (tertiary/aromatic N) is 2. The van der Waals surface area contributed by atoms with Gasteiger partial charge in [0.2, 0.25) is 5.91 Å². The van der Waals surface area contributed by atoms with Gasteiger partial charge in [-0.25, -0.2) is 0 Å². The summed E-state index contributed by atoms with van der Waals surface area (Å²) < 4.78 is 0. The molecule has 0 radical (unpaired) electrons. The van der Waals surface area contributed by atoms with E-state index in [-0.39, 0.29) is 24.3 Å². The number of carbonyl (C=O) groups is 2. The Morgan fingerprint density at radius 3 is 2.54 bits per heavy atom. The molecule has 1 aromatic heterocycles. The lowest BCUT2D eigenvalue weighted by molar-refractivity contribution is -0.121. The molecule has 0 fully saturated rings. The van der Waals surface area contributed by atoms with E-state index in [2.05, 4.69) is 24.1 Å². The van der Waals surface area contributed by atoms with Crippen LogP contribution >= 0.6 is 0 Å². The highest BCUT2D eigenvalue weighted by Gasteiger charge is 2.21. The van der Waals surface area contributed by atoms with Gasteiger partial charge in [0.05, 0.1) is 17.6 Å². The van der Waals surface area contributed by atoms with Gasteiger partial charge >= 0.3 is 0 Å². The second kappa shape index (κ2) is 9.32. The zero-order chi connectivity index (χ0) is 19.1. The van der Waals surface area contributed by atoms with Crippen molar-refractivity contribution in [1.29, 1.82) is 0 Å². The van der Waals surface area contributed by atoms with Crippen LogP contribution in [0.5, 0.6) is 0 Å². The fraction of sp³-hybridized carbons (Fsp3) is 0.476. The number of aromatic nitrogens is 1. The fourth-order valence-electron chi connectivity index (χ4n) is 2.85. The van der Waals surface area contributed by atoms with Gasteiger partial charge in [0.1, 0.15) is 0 Å². The Morgan fingerprint density at radius 1 is 1.15 bits per heavy atom. The number of hydrogen-bond acceptors (Lipinski definition) is 3. The van der Waals surface area contributed by atoms with E-state index in [1.807, 2.05) is 44.2 Å². The van der Waals surface area contributed by atoms with E-state index < -0.39 is 0 Å². The summed E-state index contributed by atoms with van der Waals surface area (Å²) in [5.41, 5.74) is 2.32. The van der Waals surface area contributed by atoms with Crippen LogP contribution in [0.4, 0.5) is 0 Å². The molecule has 26 heavy (non-hydrogen) atoms. The predicted octanol–water partition coefficient (Wildman–Crippen LogP) is 3.74. The average Bonchev–Trinajstić information content (AvgIpc) is 2.64. The van der Waals surface area contributed by atoms with Crippen LogP contribution in [0.15, 0.2) is 30.3 Å². The van der Waals surface area contributed by atoms with Gasteiger partial charge in [-0.05, 0) is 30.9 Å². The first-order valence-electron chi connectivity index (χ1n) is 9.43. The monoisotopic (exact) mass is 355 g/mol. The molecular weight excluding hydrogens is 326 g/mol. The minimum absolute atomic E-state index is 0.0837. The third-order valence-corrected chi connectivity index (χ3v) is 4.25. The van der Waals surface area contributed by atoms with E-state index in [1.165, 1.54) is 0 Å². The normalized spacial score (nSPS) is 11.0. The molecule has 0 spiro atoms. The Balaban J connectivity index is 2.39. The third kappa shape index (κ3) is 4.81. The number of para-hydroxylation sites is 1. The number of pyridine rings is 1. The summed E-state index contributed by atoms with van der Waals surface area (Å²) in [5.74, 6) is -0.00581. The van der Waals surface area contributed by atoms with E-state index >= 15 is 0 Å². The Kier molecular flexibility index (Phi) is 7.13. The van der Waals surface area contributed by atoms with Gasteiger partial charge in [-0.1, -0.05) is 45.9 Å². The minimum Gasteiger partial charge on any atom is -0.355 e. The zero-order valence-electron chi connectivity index (χ0n) is 16.2. The lowest BCUT2D eigenvalue weighted by Crippen LogP contribution is -2.41. The maximum atomic E-state index is 13.3. The Hall–Kier alpha value is -2.43. The molecule has 5 heteroatoms. The minimum atomic E-state index is -0.115. The van der Waals surface area contributed by atoms with Crippen LogP contribution in [-0.4, -0.2) is 41.3 Å². The van der Waals surface area contributed by atoms with Crippen LogP contribution in [0.3, 0.4) is 0 Å². The van der Waals surface area contributed by atoms with Crippen molar-refractivity contribution in [2.24, 2.45) is 0 Å². The third-order valence-electron chi connectivity index (χ3n) is 4.25. The van der Waals surface area contributed by atoms with E-state index in [9.17, 15) is 9.59 Å². The van der Waals surface area contributed by atoms with Crippen molar-refractivity contribution in [3.05, 3.63) is 41.6 Å². The van der Waals surface area contributed by atoms with Crippen LogP contribution in [0.1, 0.15) is 62.5 Å². The first-order chi connectivity index (χ1) is 12.5. The molecule has 0 atom stereocenters. The number of rotatable bonds is 8. The van der Waals surface area contributed by atoms with Crippen LogP contribution in [0.2, 0.25) is 0 Å². The number of amides is 2. The Morgan fingerprint density at radius 2 is 1.88 bits per heavy atom. The Bertz CT molecular complexity index is 771. The molecule has 0 aliphatic heterocycles. The topological polar surface area (TPSA) is 62.3 Å². The summed E-state index contributed by atoms with van der Waals surface area (Å²) in [4.78, 5) is 31.7. The highest BCUT2D eigenvalue weighted by molar-refractivity contribution is 6.07. The van der Waals surface area contributed by atoms with Crippen molar-refractivity contribution < 1.29 is 9.59 Å². The number of hydrogen-bond donors (Lipinski definition) is 1. The molecule has 0 bridgehead atoms. The van der Waals surface area contributed by atoms with E-state index in [1.54, 1.807) is 4.90 Å². The van der Waals surface area contributed by atoms with Crippen molar-refractivity contribution in [2.75, 3.05) is 19.6 Å². The molecule has 5 nitrogen and oxygen atoms in total. The maximum Gasteiger partial charge on any atom is 0.255 e. The van der Waals surface area contributed by atoms with Crippen molar-refractivity contribution >= 4 is 22.7 Å². The van der Waals surface area contributed by atoms with Crippen molar-refractivity contribution in [3.8, 4) is 0 Å². The maximum absolute atomic E-state index is 13.3. The summed E-state index contributed by atoms with van der Waals surface area (Å²) in [6.07, 6.45) is 1.67. The summed E-state index contributed by atoms with van der Waals surface area (Å²) in [7, 11) is 0. The molecule has 0 saturated heterocycles. The number of carbonyl (C=O) groups excluding carboxylic acids is 2. The van der Waals surface area contributed by atoms with Crippen LogP contribution in [0, 0.1) is 0 Å². The summed E-state index contributed by atoms with van der Waals surface area (Å²) in [6.45, 7) is 9.40. The molecule has 2 aromatic rings. The first-order valence-corrected chi connectivity index (χ1v) is 9.43. The molecule has 2 amide bonds. The van der Waals surface area contributed by atoms with Gasteiger partial charge in [0, 0.05) is 24.2 Å². The zero-order valence-corrected chi connectivity index (χ0v) is 16.2. The highest BCUT2D eigenvalue weighted by Crippen LogP contribution is 2.23. The average molecular weight is 355 g/mol. The lowest BCUT2D eigenvalue weighted by Gasteiger charge is -2.23. The summed E-state index contributed by atoms with van der Waals surface area (Å²) in [6, 6.07) is 9.56. The molecule has 1 heterocycles. The molecular formula is C21H29N3O2. The quantitative estimate of drug-likeness (QED) is 0.785. The van der Waals surface area contributed by atoms with Crippen molar-refractivity contribution in [2.45, 2.75) is 46.5 Å². The Labute approximate surface area is 155 Å². The molecule has 1 N–H and O–H groups in total. The molecule has 0 unspecified atom stereocenters. The largest absolute Gasteiger partial charge is 0.355 e. The van der Waals surface area contributed by atoms with Crippen LogP contribution in [0.25, 0.3) is 10.9 Å². The van der Waals surface area contributed by atoms with Crippen molar-refractivity contribution in [1.82, 2.24) is 15.2 Å². The van der Waals surface area contributed by atoms with Gasteiger partial charge in [-0.3, -0.25) is 14.6 Å². The van der Waals surface area contributed by atoms with Crippen LogP contribution < -0.4 is 5.32 Å². The lowest BCUT2D eigenvalue weighted by atomic mass is 10.0. The molecule has 0 aliphatic carbocycles. The highest BCUT2D eigenvalue weighted by atomic mass is 16.2. The predicted molar refractivity (Wildman–Crippen MR) is 105 cm³/mol. The molecule has 140 valence electrons. The van der Waals surface area contributed by atoms with Crippen molar-refractivity contribution in [3.63, 3.8) is 0 Å².